The van der Waals surface area contributed by atoms with Gasteiger partial charge in [-0.05, 0) is 19.4 Å². The average molecular weight is 210 g/mol. The van der Waals surface area contributed by atoms with E-state index in [0.717, 1.165) is 31.7 Å². The summed E-state index contributed by atoms with van der Waals surface area (Å²) >= 11 is 0. The minimum Gasteiger partial charge on any atom is -0.311 e. The van der Waals surface area contributed by atoms with Gasteiger partial charge in [-0.15, -0.1) is 5.10 Å². The van der Waals surface area contributed by atoms with Crippen LogP contribution in [0.15, 0.2) is 6.20 Å². The molecule has 0 aliphatic rings. The maximum absolute atomic E-state index is 4.12. The standard InChI is InChI=1S/C11H22N4/c1-3-5-6-8-15-10-11(13-14-15)9-12-7-4-2/h10,12H,3-9H2,1-2H3. The van der Waals surface area contributed by atoms with Gasteiger partial charge in [-0.25, -0.2) is 0 Å². The number of aryl methyl sites for hydroxylation is 1. The number of hydrogen-bond donors (Lipinski definition) is 1. The Bertz CT molecular complexity index is 232. The van der Waals surface area contributed by atoms with Crippen LogP contribution in [0.4, 0.5) is 0 Å². The third-order valence-corrected chi connectivity index (χ3v) is 2.31. The summed E-state index contributed by atoms with van der Waals surface area (Å²) in [5.74, 6) is 0. The van der Waals surface area contributed by atoms with Gasteiger partial charge in [-0.1, -0.05) is 31.9 Å². The van der Waals surface area contributed by atoms with Crippen LogP contribution in [0.3, 0.4) is 0 Å². The molecule has 4 heteroatoms. The van der Waals surface area contributed by atoms with Crippen molar-refractivity contribution in [2.75, 3.05) is 6.54 Å². The Hall–Kier alpha value is -0.900. The lowest BCUT2D eigenvalue weighted by molar-refractivity contribution is 0.537. The summed E-state index contributed by atoms with van der Waals surface area (Å²) in [6.45, 7) is 7.25. The van der Waals surface area contributed by atoms with Crippen molar-refractivity contribution >= 4 is 0 Å². The van der Waals surface area contributed by atoms with Gasteiger partial charge in [-0.3, -0.25) is 4.68 Å². The summed E-state index contributed by atoms with van der Waals surface area (Å²) in [5.41, 5.74) is 1.04. The Kier molecular flexibility index (Phi) is 6.00. The Morgan fingerprint density at radius 1 is 1.27 bits per heavy atom. The lowest BCUT2D eigenvalue weighted by Crippen LogP contribution is -2.13. The molecular weight excluding hydrogens is 188 g/mol. The molecule has 86 valence electrons. The zero-order valence-corrected chi connectivity index (χ0v) is 9.87. The van der Waals surface area contributed by atoms with Crippen LogP contribution in [-0.4, -0.2) is 21.5 Å². The van der Waals surface area contributed by atoms with Crippen molar-refractivity contribution in [3.63, 3.8) is 0 Å². The van der Waals surface area contributed by atoms with Gasteiger partial charge < -0.3 is 5.32 Å². The van der Waals surface area contributed by atoms with Crippen LogP contribution >= 0.6 is 0 Å². The van der Waals surface area contributed by atoms with E-state index in [-0.39, 0.29) is 0 Å². The van der Waals surface area contributed by atoms with Crippen LogP contribution in [0, 0.1) is 0 Å². The molecule has 1 aromatic rings. The fourth-order valence-corrected chi connectivity index (χ4v) is 1.45. The molecule has 0 saturated carbocycles. The van der Waals surface area contributed by atoms with Crippen LogP contribution < -0.4 is 5.32 Å². The first-order valence-electron chi connectivity index (χ1n) is 5.96. The lowest BCUT2D eigenvalue weighted by Gasteiger charge is -1.98. The smallest absolute Gasteiger partial charge is 0.0964 e. The Labute approximate surface area is 92.1 Å². The molecule has 1 aromatic heterocycles. The normalized spacial score (nSPS) is 10.8. The second-order valence-corrected chi connectivity index (χ2v) is 3.86. The third-order valence-electron chi connectivity index (χ3n) is 2.31. The van der Waals surface area contributed by atoms with E-state index in [1.807, 2.05) is 10.9 Å². The van der Waals surface area contributed by atoms with Gasteiger partial charge in [0.05, 0.1) is 5.69 Å². The summed E-state index contributed by atoms with van der Waals surface area (Å²) in [7, 11) is 0. The second kappa shape index (κ2) is 7.40. The highest BCUT2D eigenvalue weighted by atomic mass is 15.4. The summed E-state index contributed by atoms with van der Waals surface area (Å²) in [6, 6.07) is 0. The first kappa shape index (κ1) is 12.2. The van der Waals surface area contributed by atoms with Crippen molar-refractivity contribution in [3.05, 3.63) is 11.9 Å². The van der Waals surface area contributed by atoms with Crippen molar-refractivity contribution in [3.8, 4) is 0 Å². The van der Waals surface area contributed by atoms with E-state index in [4.69, 9.17) is 0 Å². The molecule has 0 unspecified atom stereocenters. The molecule has 4 nitrogen and oxygen atoms in total. The molecular formula is C11H22N4. The molecule has 0 aliphatic carbocycles. The van der Waals surface area contributed by atoms with Crippen LogP contribution in [0.2, 0.25) is 0 Å². The van der Waals surface area contributed by atoms with Crippen LogP contribution in [0.5, 0.6) is 0 Å². The first-order valence-corrected chi connectivity index (χ1v) is 5.96. The number of nitrogens with one attached hydrogen (secondary N) is 1. The first-order chi connectivity index (χ1) is 7.36. The van der Waals surface area contributed by atoms with Crippen molar-refractivity contribution in [2.45, 2.75) is 52.6 Å². The fourth-order valence-electron chi connectivity index (χ4n) is 1.45. The Balaban J connectivity index is 2.23. The lowest BCUT2D eigenvalue weighted by atomic mass is 10.2. The Morgan fingerprint density at radius 2 is 2.13 bits per heavy atom. The molecule has 0 bridgehead atoms. The van der Waals surface area contributed by atoms with Crippen LogP contribution in [-0.2, 0) is 13.1 Å². The van der Waals surface area contributed by atoms with E-state index in [1.54, 1.807) is 0 Å². The van der Waals surface area contributed by atoms with Gasteiger partial charge >= 0.3 is 0 Å². The highest BCUT2D eigenvalue weighted by Gasteiger charge is 1.99. The minimum atomic E-state index is 0.835. The zero-order chi connectivity index (χ0) is 10.9. The molecule has 0 aliphatic heterocycles. The SMILES string of the molecule is CCCCCn1cc(CNCCC)nn1. The predicted octanol–water partition coefficient (Wildman–Crippen LogP) is 1.97. The molecule has 0 aromatic carbocycles. The molecule has 0 amide bonds. The van der Waals surface area contributed by atoms with Crippen molar-refractivity contribution in [2.24, 2.45) is 0 Å². The molecule has 1 N–H and O–H groups in total. The maximum atomic E-state index is 4.12. The summed E-state index contributed by atoms with van der Waals surface area (Å²) in [5, 5.41) is 11.5. The van der Waals surface area contributed by atoms with E-state index in [1.165, 1.54) is 19.3 Å². The monoisotopic (exact) mass is 210 g/mol. The van der Waals surface area contributed by atoms with Crippen molar-refractivity contribution in [1.82, 2.24) is 20.3 Å². The van der Waals surface area contributed by atoms with E-state index in [0.29, 0.717) is 0 Å². The number of nitrogens with zero attached hydrogens (tertiary/aromatic N) is 3. The van der Waals surface area contributed by atoms with Gasteiger partial charge in [-0.2, -0.15) is 0 Å². The summed E-state index contributed by atoms with van der Waals surface area (Å²) < 4.78 is 1.94. The van der Waals surface area contributed by atoms with Gasteiger partial charge in [0, 0.05) is 19.3 Å². The largest absolute Gasteiger partial charge is 0.311 e. The second-order valence-electron chi connectivity index (χ2n) is 3.86. The highest BCUT2D eigenvalue weighted by molar-refractivity contribution is 4.91. The molecule has 0 saturated heterocycles. The summed E-state index contributed by atoms with van der Waals surface area (Å²) in [6.07, 6.45) is 6.91. The average Bonchev–Trinajstić information content (AvgIpc) is 2.67. The number of unbranched alkanes of at least 4 members (excludes halogenated alkanes) is 2. The molecule has 1 heterocycles. The van der Waals surface area contributed by atoms with E-state index in [9.17, 15) is 0 Å². The molecule has 0 fully saturated rings. The van der Waals surface area contributed by atoms with E-state index < -0.39 is 0 Å². The molecule has 1 rings (SSSR count). The van der Waals surface area contributed by atoms with Crippen LogP contribution in [0.1, 0.15) is 45.2 Å². The summed E-state index contributed by atoms with van der Waals surface area (Å²) in [4.78, 5) is 0. The van der Waals surface area contributed by atoms with Gasteiger partial charge in [0.25, 0.3) is 0 Å². The van der Waals surface area contributed by atoms with Crippen molar-refractivity contribution in [1.29, 1.82) is 0 Å². The zero-order valence-electron chi connectivity index (χ0n) is 9.87. The number of aromatic nitrogens is 3. The maximum Gasteiger partial charge on any atom is 0.0964 e. The van der Waals surface area contributed by atoms with Gasteiger partial charge in [0.1, 0.15) is 0 Å². The number of hydrogen-bond acceptors (Lipinski definition) is 3. The van der Waals surface area contributed by atoms with Crippen molar-refractivity contribution < 1.29 is 0 Å². The quantitative estimate of drug-likeness (QED) is 0.667. The molecule has 15 heavy (non-hydrogen) atoms. The predicted molar refractivity (Wildman–Crippen MR) is 61.5 cm³/mol. The third kappa shape index (κ3) is 4.93. The topological polar surface area (TPSA) is 42.7 Å². The van der Waals surface area contributed by atoms with Gasteiger partial charge in [0.2, 0.25) is 0 Å². The Morgan fingerprint density at radius 3 is 2.87 bits per heavy atom. The molecule has 0 radical (unpaired) electrons. The van der Waals surface area contributed by atoms with Gasteiger partial charge in [0.15, 0.2) is 0 Å². The minimum absolute atomic E-state index is 0.835. The highest BCUT2D eigenvalue weighted by Crippen LogP contribution is 1.98. The van der Waals surface area contributed by atoms with E-state index in [2.05, 4.69) is 29.5 Å². The van der Waals surface area contributed by atoms with E-state index >= 15 is 0 Å². The fraction of sp³-hybridized carbons (Fsp3) is 0.818. The molecule has 0 atom stereocenters. The van der Waals surface area contributed by atoms with Crippen LogP contribution in [0.25, 0.3) is 0 Å². The molecule has 0 spiro atoms. The number of rotatable bonds is 8.